The van der Waals surface area contributed by atoms with E-state index in [1.54, 1.807) is 20.8 Å². The number of carbonyl (C=O) groups excluding carboxylic acids is 2. The molecule has 6 heteroatoms. The van der Waals surface area contributed by atoms with Crippen LogP contribution in [-0.2, 0) is 14.3 Å². The Labute approximate surface area is 111 Å². The second-order valence-electron chi connectivity index (χ2n) is 5.17. The minimum Gasteiger partial charge on any atom is -0.466 e. The lowest BCUT2D eigenvalue weighted by molar-refractivity contribution is -0.136. The summed E-state index contributed by atoms with van der Waals surface area (Å²) in [5.41, 5.74) is -0.0457. The van der Waals surface area contributed by atoms with E-state index in [4.69, 9.17) is 4.74 Å². The lowest BCUT2D eigenvalue weighted by Crippen LogP contribution is -2.38. The molecule has 1 rings (SSSR count). The van der Waals surface area contributed by atoms with Crippen molar-refractivity contribution in [2.45, 2.75) is 38.8 Å². The molecule has 0 saturated heterocycles. The first kappa shape index (κ1) is 15.2. The zero-order valence-corrected chi connectivity index (χ0v) is 11.5. The molecule has 1 aliphatic carbocycles. The SMILES string of the molecule is COC(=O)C1=C[C@H](NC(=O)OC(C)(C)C)/C(=C/F)C1. The van der Waals surface area contributed by atoms with E-state index in [2.05, 4.69) is 10.1 Å². The molecule has 1 atom stereocenters. The van der Waals surface area contributed by atoms with Crippen molar-refractivity contribution >= 4 is 12.1 Å². The van der Waals surface area contributed by atoms with Crippen molar-refractivity contribution in [3.8, 4) is 0 Å². The zero-order valence-electron chi connectivity index (χ0n) is 11.5. The van der Waals surface area contributed by atoms with E-state index in [9.17, 15) is 14.0 Å². The summed E-state index contributed by atoms with van der Waals surface area (Å²) in [5, 5.41) is 2.49. The minimum atomic E-state index is -0.686. The Bertz CT molecular complexity index is 434. The van der Waals surface area contributed by atoms with E-state index in [1.807, 2.05) is 0 Å². The number of nitrogens with one attached hydrogen (secondary N) is 1. The zero-order chi connectivity index (χ0) is 14.6. The minimum absolute atomic E-state index is 0.115. The van der Waals surface area contributed by atoms with Gasteiger partial charge in [-0.05, 0) is 32.4 Å². The predicted molar refractivity (Wildman–Crippen MR) is 67.1 cm³/mol. The van der Waals surface area contributed by atoms with E-state index < -0.39 is 23.7 Å². The molecule has 1 N–H and O–H groups in total. The van der Waals surface area contributed by atoms with Gasteiger partial charge < -0.3 is 14.8 Å². The Kier molecular flexibility index (Phi) is 4.69. The standard InChI is InChI=1S/C13H18FNO4/c1-13(2,3)19-12(17)15-10-6-8(11(16)18-4)5-9(10)7-14/h6-7,10H,5H2,1-4H3,(H,15,17)/b9-7+/t10-/m0/s1. The van der Waals surface area contributed by atoms with Gasteiger partial charge in [-0.25, -0.2) is 14.0 Å². The molecule has 0 saturated carbocycles. The van der Waals surface area contributed by atoms with Crippen LogP contribution in [0.25, 0.3) is 0 Å². The molecular weight excluding hydrogens is 253 g/mol. The fourth-order valence-electron chi connectivity index (χ4n) is 1.64. The molecule has 0 radical (unpaired) electrons. The fourth-order valence-corrected chi connectivity index (χ4v) is 1.64. The van der Waals surface area contributed by atoms with Crippen molar-refractivity contribution in [2.24, 2.45) is 0 Å². The predicted octanol–water partition coefficient (Wildman–Crippen LogP) is 2.24. The van der Waals surface area contributed by atoms with E-state index in [1.165, 1.54) is 13.2 Å². The van der Waals surface area contributed by atoms with Crippen LogP contribution < -0.4 is 5.32 Å². The van der Waals surface area contributed by atoms with Gasteiger partial charge in [0.15, 0.2) is 0 Å². The summed E-state index contributed by atoms with van der Waals surface area (Å²) in [6.07, 6.45) is 1.29. The first-order valence-electron chi connectivity index (χ1n) is 5.84. The summed E-state index contributed by atoms with van der Waals surface area (Å²) >= 11 is 0. The van der Waals surface area contributed by atoms with Gasteiger partial charge in [-0.15, -0.1) is 0 Å². The summed E-state index contributed by atoms with van der Waals surface area (Å²) in [6, 6.07) is -0.686. The Morgan fingerprint density at radius 2 is 2.11 bits per heavy atom. The molecule has 0 fully saturated rings. The van der Waals surface area contributed by atoms with Gasteiger partial charge >= 0.3 is 12.1 Å². The number of alkyl carbamates (subject to hydrolysis) is 1. The molecule has 0 aromatic rings. The number of methoxy groups -OCH3 is 1. The molecular formula is C13H18FNO4. The maximum absolute atomic E-state index is 12.7. The molecule has 106 valence electrons. The number of ether oxygens (including phenoxy) is 2. The maximum atomic E-state index is 12.7. The van der Waals surface area contributed by atoms with Crippen molar-refractivity contribution in [3.05, 3.63) is 23.6 Å². The Balaban J connectivity index is 2.73. The normalized spacial score (nSPS) is 21.0. The monoisotopic (exact) mass is 271 g/mol. The highest BCUT2D eigenvalue weighted by Crippen LogP contribution is 2.26. The smallest absolute Gasteiger partial charge is 0.408 e. The number of hydrogen-bond acceptors (Lipinski definition) is 4. The first-order chi connectivity index (χ1) is 8.76. The second kappa shape index (κ2) is 5.86. The molecule has 0 aromatic heterocycles. The van der Waals surface area contributed by atoms with Gasteiger partial charge in [0.1, 0.15) is 5.60 Å². The number of rotatable bonds is 2. The molecule has 1 aliphatic rings. The topological polar surface area (TPSA) is 64.6 Å². The van der Waals surface area contributed by atoms with E-state index in [-0.39, 0.29) is 12.0 Å². The molecule has 0 spiro atoms. The van der Waals surface area contributed by atoms with Crippen LogP contribution in [0.2, 0.25) is 0 Å². The van der Waals surface area contributed by atoms with Gasteiger partial charge in [0.25, 0.3) is 0 Å². The molecule has 19 heavy (non-hydrogen) atoms. The van der Waals surface area contributed by atoms with E-state index in [0.29, 0.717) is 11.9 Å². The molecule has 0 aliphatic heterocycles. The van der Waals surface area contributed by atoms with Gasteiger partial charge in [0.2, 0.25) is 0 Å². The van der Waals surface area contributed by atoms with Crippen LogP contribution in [0.15, 0.2) is 23.6 Å². The van der Waals surface area contributed by atoms with Crippen molar-refractivity contribution in [1.29, 1.82) is 0 Å². The summed E-state index contributed by atoms with van der Waals surface area (Å²) in [5.74, 6) is -0.534. The van der Waals surface area contributed by atoms with Crippen LogP contribution in [0.5, 0.6) is 0 Å². The Morgan fingerprint density at radius 3 is 2.58 bits per heavy atom. The molecule has 0 heterocycles. The molecule has 0 aromatic carbocycles. The summed E-state index contributed by atoms with van der Waals surface area (Å²) in [6.45, 7) is 5.18. The summed E-state index contributed by atoms with van der Waals surface area (Å²) in [4.78, 5) is 22.9. The number of hydrogen-bond donors (Lipinski definition) is 1. The summed E-state index contributed by atoms with van der Waals surface area (Å²) < 4.78 is 22.4. The molecule has 5 nitrogen and oxygen atoms in total. The van der Waals surface area contributed by atoms with Gasteiger partial charge in [0, 0.05) is 12.0 Å². The average molecular weight is 271 g/mol. The summed E-state index contributed by atoms with van der Waals surface area (Å²) in [7, 11) is 1.25. The molecule has 0 bridgehead atoms. The fraction of sp³-hybridized carbons (Fsp3) is 0.538. The third-order valence-electron chi connectivity index (χ3n) is 2.42. The highest BCUT2D eigenvalue weighted by atomic mass is 19.1. The number of halogens is 1. The average Bonchev–Trinajstić information content (AvgIpc) is 2.68. The quantitative estimate of drug-likeness (QED) is 0.782. The number of carbonyl (C=O) groups is 2. The highest BCUT2D eigenvalue weighted by Gasteiger charge is 2.28. The van der Waals surface area contributed by atoms with Crippen molar-refractivity contribution in [3.63, 3.8) is 0 Å². The van der Waals surface area contributed by atoms with Crippen LogP contribution in [0.3, 0.4) is 0 Å². The van der Waals surface area contributed by atoms with Crippen molar-refractivity contribution < 1.29 is 23.5 Å². The Hall–Kier alpha value is -1.85. The first-order valence-corrected chi connectivity index (χ1v) is 5.84. The van der Waals surface area contributed by atoms with E-state index >= 15 is 0 Å². The van der Waals surface area contributed by atoms with Crippen LogP contribution in [-0.4, -0.2) is 30.8 Å². The number of amides is 1. The number of esters is 1. The highest BCUT2D eigenvalue weighted by molar-refractivity contribution is 5.90. The van der Waals surface area contributed by atoms with Crippen LogP contribution in [0, 0.1) is 0 Å². The molecule has 1 amide bonds. The third kappa shape index (κ3) is 4.39. The Morgan fingerprint density at radius 1 is 1.47 bits per heavy atom. The lowest BCUT2D eigenvalue weighted by Gasteiger charge is -2.21. The molecule has 0 unspecified atom stereocenters. The van der Waals surface area contributed by atoms with Crippen LogP contribution in [0.1, 0.15) is 27.2 Å². The van der Waals surface area contributed by atoms with Gasteiger partial charge in [-0.3, -0.25) is 0 Å². The third-order valence-corrected chi connectivity index (χ3v) is 2.42. The maximum Gasteiger partial charge on any atom is 0.408 e. The lowest BCUT2D eigenvalue weighted by atomic mass is 10.1. The van der Waals surface area contributed by atoms with E-state index in [0.717, 1.165) is 0 Å². The largest absolute Gasteiger partial charge is 0.466 e. The van der Waals surface area contributed by atoms with Crippen LogP contribution >= 0.6 is 0 Å². The van der Waals surface area contributed by atoms with Crippen LogP contribution in [0.4, 0.5) is 9.18 Å². The van der Waals surface area contributed by atoms with Gasteiger partial charge in [0.05, 0.1) is 19.5 Å². The van der Waals surface area contributed by atoms with Crippen molar-refractivity contribution in [2.75, 3.05) is 7.11 Å². The second-order valence-corrected chi connectivity index (χ2v) is 5.17. The van der Waals surface area contributed by atoms with Gasteiger partial charge in [-0.2, -0.15) is 0 Å². The van der Waals surface area contributed by atoms with Gasteiger partial charge in [-0.1, -0.05) is 0 Å². The van der Waals surface area contributed by atoms with Crippen molar-refractivity contribution in [1.82, 2.24) is 5.32 Å².